The van der Waals surface area contributed by atoms with Crippen LogP contribution in [0.1, 0.15) is 12.6 Å². The van der Waals surface area contributed by atoms with Crippen LogP contribution in [-0.4, -0.2) is 13.3 Å². The molecule has 1 heterocycles. The molecule has 0 atom stereocenters. The summed E-state index contributed by atoms with van der Waals surface area (Å²) in [5.41, 5.74) is 0.167. The number of nitrogens with zero attached hydrogens (tertiary/aromatic N) is 2. The lowest BCUT2D eigenvalue weighted by Gasteiger charge is -1.95. The Bertz CT molecular complexity index is 344. The second-order valence-electron chi connectivity index (χ2n) is 2.23. The number of hydrogen-bond acceptors (Lipinski definition) is 2. The van der Waals surface area contributed by atoms with E-state index in [2.05, 4.69) is 16.1 Å². The third kappa shape index (κ3) is 1.27. The van der Waals surface area contributed by atoms with Crippen molar-refractivity contribution in [1.29, 1.82) is 0 Å². The molecule has 0 aliphatic heterocycles. The van der Waals surface area contributed by atoms with E-state index >= 15 is 0 Å². The van der Waals surface area contributed by atoms with E-state index in [0.717, 1.165) is 4.57 Å². The molecular weight excluding hydrogens is 247 g/mol. The van der Waals surface area contributed by atoms with Crippen molar-refractivity contribution in [2.24, 2.45) is 0 Å². The second-order valence-corrected chi connectivity index (χ2v) is 3.18. The zero-order chi connectivity index (χ0) is 9.30. The fourth-order valence-corrected chi connectivity index (χ4v) is 1.78. The van der Waals surface area contributed by atoms with Crippen LogP contribution in [0.2, 0.25) is 0 Å². The number of halogens is 2. The highest BCUT2D eigenvalue weighted by Crippen LogP contribution is 2.17. The van der Waals surface area contributed by atoms with Crippen LogP contribution in [0, 0.1) is 0 Å². The van der Waals surface area contributed by atoms with E-state index in [1.807, 2.05) is 6.92 Å². The minimum Gasteiger partial charge on any atom is -0.493 e. The van der Waals surface area contributed by atoms with Gasteiger partial charge in [-0.05, 0) is 6.42 Å². The van der Waals surface area contributed by atoms with E-state index in [4.69, 9.17) is 11.6 Å². The van der Waals surface area contributed by atoms with Gasteiger partial charge in [-0.3, -0.25) is 0 Å². The van der Waals surface area contributed by atoms with Gasteiger partial charge in [0.05, 0.1) is 21.8 Å². The zero-order valence-electron chi connectivity index (χ0n) is 6.42. The largest absolute Gasteiger partial charge is 0.493 e. The van der Waals surface area contributed by atoms with E-state index in [0.29, 0.717) is 12.1 Å². The van der Waals surface area contributed by atoms with Crippen molar-refractivity contribution < 1.29 is 5.11 Å². The van der Waals surface area contributed by atoms with Crippen LogP contribution in [0.4, 0.5) is 0 Å². The fraction of sp³-hybridized carbons (Fsp3) is 0.500. The summed E-state index contributed by atoms with van der Waals surface area (Å²) in [7, 11) is 0. The predicted molar refractivity (Wildman–Crippen MR) is 49.9 cm³/mol. The molecule has 0 fully saturated rings. The molecule has 0 saturated carbocycles. The van der Waals surface area contributed by atoms with Gasteiger partial charge in [-0.15, -0.1) is 11.6 Å². The molecule has 0 saturated heterocycles. The van der Waals surface area contributed by atoms with Gasteiger partial charge < -0.3 is 5.11 Å². The molecule has 68 valence electrons. The Morgan fingerprint density at radius 3 is 2.50 bits per heavy atom. The van der Waals surface area contributed by atoms with Gasteiger partial charge in [0.15, 0.2) is 0 Å². The standard InChI is InChI=1S/C6H8BrClN2O2/c1-2-4-5(11)9(3-8)6(12)10(4)7/h11H,2-3H2,1H3. The number of rotatable bonds is 2. The Labute approximate surface area is 82.7 Å². The van der Waals surface area contributed by atoms with Crippen LogP contribution in [0.25, 0.3) is 0 Å². The summed E-state index contributed by atoms with van der Waals surface area (Å²) < 4.78 is 2.29. The Balaban J connectivity index is 3.43. The van der Waals surface area contributed by atoms with Crippen LogP contribution in [0.5, 0.6) is 5.88 Å². The molecule has 0 aliphatic carbocycles. The first-order chi connectivity index (χ1) is 5.63. The van der Waals surface area contributed by atoms with Crippen LogP contribution in [-0.2, 0) is 12.4 Å². The average molecular weight is 255 g/mol. The molecule has 1 N–H and O–H groups in total. The molecule has 6 heteroatoms. The van der Waals surface area contributed by atoms with E-state index < -0.39 is 0 Å². The topological polar surface area (TPSA) is 47.2 Å². The van der Waals surface area contributed by atoms with E-state index in [1.54, 1.807) is 0 Å². The maximum atomic E-state index is 11.2. The average Bonchev–Trinajstić information content (AvgIpc) is 2.25. The number of aromatic hydroxyl groups is 1. The number of alkyl halides is 1. The van der Waals surface area contributed by atoms with Crippen molar-refractivity contribution in [3.05, 3.63) is 16.2 Å². The monoisotopic (exact) mass is 254 g/mol. The lowest BCUT2D eigenvalue weighted by molar-refractivity contribution is 0.421. The second kappa shape index (κ2) is 3.53. The van der Waals surface area contributed by atoms with Crippen molar-refractivity contribution in [2.45, 2.75) is 19.3 Å². The van der Waals surface area contributed by atoms with Gasteiger partial charge in [0.1, 0.15) is 6.00 Å². The molecule has 0 aliphatic rings. The predicted octanol–water partition coefficient (Wildman–Crippen LogP) is 1.27. The summed E-state index contributed by atoms with van der Waals surface area (Å²) in [6.45, 7) is 1.84. The summed E-state index contributed by atoms with van der Waals surface area (Å²) >= 11 is 8.47. The molecular formula is C6H8BrClN2O2. The van der Waals surface area contributed by atoms with Gasteiger partial charge in [0.25, 0.3) is 0 Å². The molecule has 1 aromatic rings. The summed E-state index contributed by atoms with van der Waals surface area (Å²) in [4.78, 5) is 11.2. The lowest BCUT2D eigenvalue weighted by Crippen LogP contribution is -2.18. The third-order valence-corrected chi connectivity index (χ3v) is 2.57. The van der Waals surface area contributed by atoms with Gasteiger partial charge in [0.2, 0.25) is 5.88 Å². The number of imidazole rings is 1. The fourth-order valence-electron chi connectivity index (χ4n) is 0.960. The first kappa shape index (κ1) is 9.67. The molecule has 1 rings (SSSR count). The van der Waals surface area contributed by atoms with Gasteiger partial charge in [0, 0.05) is 0 Å². The summed E-state index contributed by atoms with van der Waals surface area (Å²) in [6.07, 6.45) is 0.566. The highest BCUT2D eigenvalue weighted by molar-refractivity contribution is 9.08. The molecule has 12 heavy (non-hydrogen) atoms. The maximum Gasteiger partial charge on any atom is 0.342 e. The molecule has 0 unspecified atom stereocenters. The minimum absolute atomic E-state index is 0.0454. The number of aromatic nitrogens is 2. The first-order valence-electron chi connectivity index (χ1n) is 3.39. The van der Waals surface area contributed by atoms with Crippen molar-refractivity contribution in [1.82, 2.24) is 8.16 Å². The van der Waals surface area contributed by atoms with Gasteiger partial charge in [-0.1, -0.05) is 6.92 Å². The highest BCUT2D eigenvalue weighted by Gasteiger charge is 2.15. The summed E-state index contributed by atoms with van der Waals surface area (Å²) in [5, 5.41) is 9.42. The maximum absolute atomic E-state index is 11.2. The van der Waals surface area contributed by atoms with Crippen molar-refractivity contribution >= 4 is 27.7 Å². The quantitative estimate of drug-likeness (QED) is 0.809. The minimum atomic E-state index is -0.362. The van der Waals surface area contributed by atoms with Crippen LogP contribution in [0.15, 0.2) is 4.79 Å². The van der Waals surface area contributed by atoms with E-state index in [-0.39, 0.29) is 17.6 Å². The van der Waals surface area contributed by atoms with Crippen LogP contribution >= 0.6 is 27.7 Å². The van der Waals surface area contributed by atoms with Crippen LogP contribution < -0.4 is 5.69 Å². The first-order valence-corrected chi connectivity index (χ1v) is 4.63. The molecule has 0 aromatic carbocycles. The normalized spacial score (nSPS) is 10.6. The Kier molecular flexibility index (Phi) is 2.85. The lowest BCUT2D eigenvalue weighted by atomic mass is 10.4. The smallest absolute Gasteiger partial charge is 0.342 e. The van der Waals surface area contributed by atoms with Crippen molar-refractivity contribution in [3.8, 4) is 5.88 Å². The molecule has 0 spiro atoms. The Morgan fingerprint density at radius 1 is 1.67 bits per heavy atom. The molecule has 0 radical (unpaired) electrons. The molecule has 4 nitrogen and oxygen atoms in total. The summed E-state index contributed by atoms with van der Waals surface area (Å²) in [6, 6.07) is -0.0454. The Morgan fingerprint density at radius 2 is 2.25 bits per heavy atom. The SMILES string of the molecule is CCc1c(O)n(CCl)c(=O)n1Br. The number of hydrogen-bond donors (Lipinski definition) is 1. The van der Waals surface area contributed by atoms with E-state index in [9.17, 15) is 9.90 Å². The van der Waals surface area contributed by atoms with Gasteiger partial charge >= 0.3 is 5.69 Å². The molecule has 0 amide bonds. The third-order valence-electron chi connectivity index (χ3n) is 1.60. The van der Waals surface area contributed by atoms with Crippen molar-refractivity contribution in [3.63, 3.8) is 0 Å². The Hall–Kier alpha value is -0.420. The molecule has 1 aromatic heterocycles. The van der Waals surface area contributed by atoms with Gasteiger partial charge in [-0.25, -0.2) is 13.0 Å². The van der Waals surface area contributed by atoms with E-state index in [1.165, 1.54) is 3.59 Å². The zero-order valence-corrected chi connectivity index (χ0v) is 8.76. The molecule has 0 bridgehead atoms. The van der Waals surface area contributed by atoms with Crippen LogP contribution in [0.3, 0.4) is 0 Å². The van der Waals surface area contributed by atoms with Crippen molar-refractivity contribution in [2.75, 3.05) is 0 Å². The summed E-state index contributed by atoms with van der Waals surface area (Å²) in [5.74, 6) is -0.0747. The highest BCUT2D eigenvalue weighted by atomic mass is 79.9. The van der Waals surface area contributed by atoms with Gasteiger partial charge in [-0.2, -0.15) is 0 Å².